The predicted molar refractivity (Wildman–Crippen MR) is 73.1 cm³/mol. The van der Waals surface area contributed by atoms with E-state index in [1.54, 1.807) is 12.1 Å². The van der Waals surface area contributed by atoms with Crippen LogP contribution in [-0.2, 0) is 4.74 Å². The van der Waals surface area contributed by atoms with Crippen molar-refractivity contribution >= 4 is 11.0 Å². The lowest BCUT2D eigenvalue weighted by molar-refractivity contribution is 0.169. The van der Waals surface area contributed by atoms with Gasteiger partial charge in [0, 0.05) is 12.1 Å². The van der Waals surface area contributed by atoms with Crippen LogP contribution in [-0.4, -0.2) is 25.1 Å². The molecule has 2 aromatic rings. The molecule has 0 aliphatic carbocycles. The molecule has 4 rings (SSSR count). The number of hydrogen-bond donors (Lipinski definition) is 0. The highest BCUT2D eigenvalue weighted by Gasteiger charge is 2.48. The number of ether oxygens (including phenoxy) is 4. The molecule has 0 radical (unpaired) electrons. The molecule has 0 saturated carbocycles. The first-order valence-corrected chi connectivity index (χ1v) is 6.72. The minimum absolute atomic E-state index is 0.0500. The standard InChI is InChI=1S/C15H14O6/c1-15(2)11(21-15)6-17-10-5-9-8(3-4-12(16)20-9)13-14(10)19-7-18-13/h3-5,11H,6-7H2,1-2H3/t11-/m0/s1. The third kappa shape index (κ3) is 2.03. The molecular formula is C15H14O6. The van der Waals surface area contributed by atoms with Crippen LogP contribution in [0.3, 0.4) is 0 Å². The zero-order valence-electron chi connectivity index (χ0n) is 11.7. The minimum Gasteiger partial charge on any atom is -0.487 e. The fourth-order valence-electron chi connectivity index (χ4n) is 2.41. The lowest BCUT2D eigenvalue weighted by Crippen LogP contribution is -2.12. The van der Waals surface area contributed by atoms with Crippen molar-refractivity contribution in [2.45, 2.75) is 25.6 Å². The highest BCUT2D eigenvalue weighted by molar-refractivity contribution is 5.89. The molecule has 21 heavy (non-hydrogen) atoms. The van der Waals surface area contributed by atoms with E-state index in [1.807, 2.05) is 13.8 Å². The zero-order valence-corrected chi connectivity index (χ0v) is 11.7. The van der Waals surface area contributed by atoms with E-state index in [4.69, 9.17) is 23.4 Å². The van der Waals surface area contributed by atoms with Crippen LogP contribution in [0.2, 0.25) is 0 Å². The molecule has 6 nitrogen and oxygen atoms in total. The predicted octanol–water partition coefficient (Wildman–Crippen LogP) is 2.08. The summed E-state index contributed by atoms with van der Waals surface area (Å²) in [5.74, 6) is 1.58. The summed E-state index contributed by atoms with van der Waals surface area (Å²) in [6.07, 6.45) is 0.0500. The van der Waals surface area contributed by atoms with Crippen LogP contribution >= 0.6 is 0 Å². The van der Waals surface area contributed by atoms with Crippen LogP contribution in [0.5, 0.6) is 17.2 Å². The summed E-state index contributed by atoms with van der Waals surface area (Å²) < 4.78 is 27.4. The van der Waals surface area contributed by atoms with E-state index in [0.717, 1.165) is 0 Å². The van der Waals surface area contributed by atoms with E-state index >= 15 is 0 Å². The molecular weight excluding hydrogens is 276 g/mol. The van der Waals surface area contributed by atoms with Crippen LogP contribution < -0.4 is 19.8 Å². The Hall–Kier alpha value is -2.21. The van der Waals surface area contributed by atoms with E-state index in [2.05, 4.69) is 0 Å². The first kappa shape index (κ1) is 12.5. The van der Waals surface area contributed by atoms with Crippen molar-refractivity contribution in [2.75, 3.05) is 13.4 Å². The van der Waals surface area contributed by atoms with Crippen molar-refractivity contribution in [3.63, 3.8) is 0 Å². The topological polar surface area (TPSA) is 70.4 Å². The summed E-state index contributed by atoms with van der Waals surface area (Å²) in [4.78, 5) is 11.4. The van der Waals surface area contributed by atoms with Crippen molar-refractivity contribution < 1.29 is 23.4 Å². The van der Waals surface area contributed by atoms with Crippen LogP contribution in [0.15, 0.2) is 27.4 Å². The normalized spacial score (nSPS) is 21.5. The van der Waals surface area contributed by atoms with Gasteiger partial charge in [0.15, 0.2) is 11.5 Å². The van der Waals surface area contributed by atoms with Gasteiger partial charge in [-0.3, -0.25) is 0 Å². The highest BCUT2D eigenvalue weighted by atomic mass is 16.7. The summed E-state index contributed by atoms with van der Waals surface area (Å²) in [5, 5.41) is 0.692. The maximum atomic E-state index is 11.4. The second-order valence-corrected chi connectivity index (χ2v) is 5.63. The molecule has 1 aromatic carbocycles. The molecule has 2 aliphatic rings. The van der Waals surface area contributed by atoms with E-state index in [0.29, 0.717) is 34.8 Å². The molecule has 1 saturated heterocycles. The Kier molecular flexibility index (Phi) is 2.47. The Labute approximate surface area is 120 Å². The average molecular weight is 290 g/mol. The van der Waals surface area contributed by atoms with Gasteiger partial charge in [-0.1, -0.05) is 0 Å². The van der Waals surface area contributed by atoms with E-state index in [9.17, 15) is 4.79 Å². The van der Waals surface area contributed by atoms with Crippen molar-refractivity contribution in [2.24, 2.45) is 0 Å². The first-order valence-electron chi connectivity index (χ1n) is 6.72. The number of hydrogen-bond acceptors (Lipinski definition) is 6. The summed E-state index contributed by atoms with van der Waals surface area (Å²) in [5.41, 5.74) is -0.152. The molecule has 3 heterocycles. The van der Waals surface area contributed by atoms with Crippen LogP contribution in [0.4, 0.5) is 0 Å². The summed E-state index contributed by atoms with van der Waals surface area (Å²) in [6.45, 7) is 4.54. The molecule has 1 atom stereocenters. The molecule has 110 valence electrons. The van der Waals surface area contributed by atoms with Gasteiger partial charge < -0.3 is 23.4 Å². The van der Waals surface area contributed by atoms with Gasteiger partial charge in [-0.25, -0.2) is 4.79 Å². The van der Waals surface area contributed by atoms with Gasteiger partial charge in [0.05, 0.1) is 11.0 Å². The van der Waals surface area contributed by atoms with Gasteiger partial charge in [-0.2, -0.15) is 0 Å². The zero-order chi connectivity index (χ0) is 14.6. The average Bonchev–Trinajstić information content (AvgIpc) is 2.87. The largest absolute Gasteiger partial charge is 0.487 e. The summed E-state index contributed by atoms with van der Waals surface area (Å²) in [6, 6.07) is 4.66. The molecule has 1 fully saturated rings. The fourth-order valence-corrected chi connectivity index (χ4v) is 2.41. The maximum Gasteiger partial charge on any atom is 0.336 e. The Morgan fingerprint density at radius 2 is 2.05 bits per heavy atom. The van der Waals surface area contributed by atoms with Crippen LogP contribution in [0, 0.1) is 0 Å². The summed E-state index contributed by atoms with van der Waals surface area (Å²) in [7, 11) is 0. The van der Waals surface area contributed by atoms with Gasteiger partial charge in [-0.15, -0.1) is 0 Å². The van der Waals surface area contributed by atoms with Crippen molar-refractivity contribution in [3.05, 3.63) is 28.6 Å². The van der Waals surface area contributed by atoms with E-state index in [1.165, 1.54) is 6.07 Å². The van der Waals surface area contributed by atoms with Crippen molar-refractivity contribution in [1.29, 1.82) is 0 Å². The fraction of sp³-hybridized carbons (Fsp3) is 0.400. The lowest BCUT2D eigenvalue weighted by atomic mass is 10.1. The molecule has 0 unspecified atom stereocenters. The Balaban J connectivity index is 1.73. The molecule has 0 bridgehead atoms. The quantitative estimate of drug-likeness (QED) is 0.636. The molecule has 6 heteroatoms. The van der Waals surface area contributed by atoms with Crippen molar-refractivity contribution in [3.8, 4) is 17.2 Å². The van der Waals surface area contributed by atoms with Gasteiger partial charge in [0.25, 0.3) is 0 Å². The van der Waals surface area contributed by atoms with Crippen LogP contribution in [0.1, 0.15) is 13.8 Å². The number of epoxide rings is 1. The SMILES string of the molecule is CC1(C)O[C@H]1COc1cc2oc(=O)ccc2c2c1OCO2. The van der Waals surface area contributed by atoms with Gasteiger partial charge in [0.1, 0.15) is 18.3 Å². The number of rotatable bonds is 3. The first-order chi connectivity index (χ1) is 10.0. The second kappa shape index (κ2) is 4.14. The molecule has 2 aliphatic heterocycles. The van der Waals surface area contributed by atoms with Gasteiger partial charge in [-0.05, 0) is 19.9 Å². The number of benzene rings is 1. The smallest absolute Gasteiger partial charge is 0.336 e. The summed E-state index contributed by atoms with van der Waals surface area (Å²) >= 11 is 0. The molecule has 0 amide bonds. The second-order valence-electron chi connectivity index (χ2n) is 5.63. The third-order valence-electron chi connectivity index (χ3n) is 3.76. The lowest BCUT2D eigenvalue weighted by Gasteiger charge is -2.09. The number of fused-ring (bicyclic) bond motifs is 3. The van der Waals surface area contributed by atoms with Gasteiger partial charge >= 0.3 is 5.63 Å². The van der Waals surface area contributed by atoms with E-state index < -0.39 is 5.63 Å². The van der Waals surface area contributed by atoms with Crippen molar-refractivity contribution in [1.82, 2.24) is 0 Å². The van der Waals surface area contributed by atoms with E-state index in [-0.39, 0.29) is 18.5 Å². The Bertz CT molecular complexity index is 776. The Morgan fingerprint density at radius 3 is 2.81 bits per heavy atom. The third-order valence-corrected chi connectivity index (χ3v) is 3.76. The highest BCUT2D eigenvalue weighted by Crippen LogP contribution is 2.46. The molecule has 1 aromatic heterocycles. The monoisotopic (exact) mass is 290 g/mol. The Morgan fingerprint density at radius 1 is 1.29 bits per heavy atom. The van der Waals surface area contributed by atoms with Gasteiger partial charge in [0.2, 0.25) is 12.5 Å². The minimum atomic E-state index is -0.418. The molecule has 0 N–H and O–H groups in total. The maximum absolute atomic E-state index is 11.4. The molecule has 0 spiro atoms. The van der Waals surface area contributed by atoms with Crippen LogP contribution in [0.25, 0.3) is 11.0 Å².